The number of rotatable bonds is 2. The zero-order valence-electron chi connectivity index (χ0n) is 6.78. The zero-order chi connectivity index (χ0) is 8.97. The van der Waals surface area contributed by atoms with E-state index >= 15 is 0 Å². The van der Waals surface area contributed by atoms with Crippen molar-refractivity contribution in [1.29, 1.82) is 0 Å². The van der Waals surface area contributed by atoms with Gasteiger partial charge >= 0.3 is 0 Å². The highest BCUT2D eigenvalue weighted by molar-refractivity contribution is 8.14. The summed E-state index contributed by atoms with van der Waals surface area (Å²) in [7, 11) is 0. The van der Waals surface area contributed by atoms with E-state index in [0.29, 0.717) is 11.5 Å². The molecule has 12 heavy (non-hydrogen) atoms. The molecular weight excluding hydrogens is 172 g/mol. The molecule has 0 fully saturated rings. The average molecular weight is 182 g/mol. The molecule has 3 nitrogen and oxygen atoms in total. The van der Waals surface area contributed by atoms with Crippen LogP contribution in [0, 0.1) is 0 Å². The van der Waals surface area contributed by atoms with Crippen molar-refractivity contribution in [2.24, 2.45) is 0 Å². The number of hydrogen-bond donors (Lipinski definition) is 1. The summed E-state index contributed by atoms with van der Waals surface area (Å²) in [6, 6.07) is 5.06. The second-order valence-corrected chi connectivity index (χ2v) is 3.40. The van der Waals surface area contributed by atoms with E-state index < -0.39 is 0 Å². The summed E-state index contributed by atoms with van der Waals surface area (Å²) < 4.78 is 0. The van der Waals surface area contributed by atoms with E-state index in [4.69, 9.17) is 5.73 Å². The number of nitrogens with two attached hydrogens (primary N) is 1. The molecule has 1 aromatic heterocycles. The van der Waals surface area contributed by atoms with Gasteiger partial charge in [0, 0.05) is 0 Å². The second kappa shape index (κ2) is 4.11. The van der Waals surface area contributed by atoms with Gasteiger partial charge in [0.15, 0.2) is 0 Å². The minimum Gasteiger partial charge on any atom is -0.384 e. The third-order valence-electron chi connectivity index (χ3n) is 1.26. The fraction of sp³-hybridized carbons (Fsp3) is 0.250. The van der Waals surface area contributed by atoms with Crippen LogP contribution in [0.4, 0.5) is 5.82 Å². The first-order valence-electron chi connectivity index (χ1n) is 3.63. The van der Waals surface area contributed by atoms with Crippen molar-refractivity contribution >= 4 is 22.7 Å². The maximum Gasteiger partial charge on any atom is 0.237 e. The van der Waals surface area contributed by atoms with Crippen LogP contribution in [0.2, 0.25) is 0 Å². The van der Waals surface area contributed by atoms with E-state index in [1.807, 2.05) is 6.92 Å². The Kier molecular flexibility index (Phi) is 3.10. The van der Waals surface area contributed by atoms with Gasteiger partial charge < -0.3 is 5.73 Å². The highest BCUT2D eigenvalue weighted by Gasteiger charge is 2.05. The van der Waals surface area contributed by atoms with Crippen molar-refractivity contribution in [3.05, 3.63) is 23.9 Å². The zero-order valence-corrected chi connectivity index (χ0v) is 7.60. The van der Waals surface area contributed by atoms with E-state index in [0.717, 1.165) is 5.75 Å². The lowest BCUT2D eigenvalue weighted by molar-refractivity contribution is 0.108. The number of hydrogen-bond acceptors (Lipinski definition) is 4. The molecule has 0 radical (unpaired) electrons. The monoisotopic (exact) mass is 182 g/mol. The summed E-state index contributed by atoms with van der Waals surface area (Å²) in [6.07, 6.45) is 0. The van der Waals surface area contributed by atoms with Gasteiger partial charge in [0.05, 0.1) is 0 Å². The highest BCUT2D eigenvalue weighted by atomic mass is 32.2. The number of pyridine rings is 1. The van der Waals surface area contributed by atoms with Gasteiger partial charge in [-0.25, -0.2) is 4.98 Å². The molecule has 0 unspecified atom stereocenters. The molecule has 0 saturated carbocycles. The molecule has 0 saturated heterocycles. The van der Waals surface area contributed by atoms with Gasteiger partial charge in [-0.3, -0.25) is 4.79 Å². The second-order valence-electron chi connectivity index (χ2n) is 2.17. The Hall–Kier alpha value is -1.03. The number of anilines is 1. The molecule has 4 heteroatoms. The van der Waals surface area contributed by atoms with Gasteiger partial charge in [0.25, 0.3) is 0 Å². The van der Waals surface area contributed by atoms with E-state index in [-0.39, 0.29) is 5.12 Å². The molecule has 0 amide bonds. The quantitative estimate of drug-likeness (QED) is 0.754. The molecule has 1 aromatic rings. The van der Waals surface area contributed by atoms with E-state index in [1.165, 1.54) is 11.8 Å². The van der Waals surface area contributed by atoms with Crippen LogP contribution in [0.1, 0.15) is 17.4 Å². The van der Waals surface area contributed by atoms with Crippen molar-refractivity contribution in [2.75, 3.05) is 11.5 Å². The van der Waals surface area contributed by atoms with Gasteiger partial charge in [0.2, 0.25) is 5.12 Å². The topological polar surface area (TPSA) is 56.0 Å². The van der Waals surface area contributed by atoms with Crippen molar-refractivity contribution in [3.8, 4) is 0 Å². The van der Waals surface area contributed by atoms with Crippen molar-refractivity contribution < 1.29 is 4.79 Å². The Morgan fingerprint density at radius 2 is 2.42 bits per heavy atom. The lowest BCUT2D eigenvalue weighted by Gasteiger charge is -1.97. The average Bonchev–Trinajstić information content (AvgIpc) is 2.05. The number of nitrogens with zero attached hydrogens (tertiary/aromatic N) is 1. The Morgan fingerprint density at radius 3 is 3.00 bits per heavy atom. The standard InChI is InChI=1S/C8H10N2OS/c1-2-12-8(11)6-4-3-5-7(9)10-6/h3-5H,2H2,1H3,(H2,9,10). The number of carbonyl (C=O) groups is 1. The lowest BCUT2D eigenvalue weighted by Crippen LogP contribution is -2.00. The molecule has 1 rings (SSSR count). The number of aromatic nitrogens is 1. The molecule has 64 valence electrons. The van der Waals surface area contributed by atoms with Crippen LogP contribution in [0.5, 0.6) is 0 Å². The fourth-order valence-corrected chi connectivity index (χ4v) is 1.29. The van der Waals surface area contributed by atoms with Crippen LogP contribution in [0.3, 0.4) is 0 Å². The van der Waals surface area contributed by atoms with E-state index in [1.54, 1.807) is 18.2 Å². The first-order valence-corrected chi connectivity index (χ1v) is 4.62. The Labute approximate surface area is 75.4 Å². The van der Waals surface area contributed by atoms with Gasteiger partial charge in [-0.15, -0.1) is 0 Å². The Balaban J connectivity index is 2.81. The lowest BCUT2D eigenvalue weighted by atomic mass is 10.4. The van der Waals surface area contributed by atoms with Crippen molar-refractivity contribution in [3.63, 3.8) is 0 Å². The van der Waals surface area contributed by atoms with Gasteiger partial charge in [0.1, 0.15) is 11.5 Å². The van der Waals surface area contributed by atoms with Crippen LogP contribution in [0.25, 0.3) is 0 Å². The predicted molar refractivity (Wildman–Crippen MR) is 51.1 cm³/mol. The Morgan fingerprint density at radius 1 is 1.67 bits per heavy atom. The molecule has 2 N–H and O–H groups in total. The summed E-state index contributed by atoms with van der Waals surface area (Å²) in [5.41, 5.74) is 5.85. The van der Waals surface area contributed by atoms with E-state index in [9.17, 15) is 4.79 Å². The highest BCUT2D eigenvalue weighted by Crippen LogP contribution is 2.10. The minimum absolute atomic E-state index is 0.0233. The smallest absolute Gasteiger partial charge is 0.237 e. The summed E-state index contributed by atoms with van der Waals surface area (Å²) in [5, 5.41) is -0.0233. The first kappa shape index (κ1) is 9.06. The number of carbonyl (C=O) groups excluding carboxylic acids is 1. The molecule has 0 atom stereocenters. The molecule has 0 aromatic carbocycles. The summed E-state index contributed by atoms with van der Waals surface area (Å²) >= 11 is 1.24. The van der Waals surface area contributed by atoms with Crippen LogP contribution < -0.4 is 5.73 Å². The first-order chi connectivity index (χ1) is 5.74. The van der Waals surface area contributed by atoms with Gasteiger partial charge in [-0.1, -0.05) is 24.8 Å². The van der Waals surface area contributed by atoms with Gasteiger partial charge in [-0.2, -0.15) is 0 Å². The molecule has 0 aliphatic heterocycles. The van der Waals surface area contributed by atoms with Crippen LogP contribution in [0.15, 0.2) is 18.2 Å². The summed E-state index contributed by atoms with van der Waals surface area (Å²) in [4.78, 5) is 15.1. The third kappa shape index (κ3) is 2.23. The molecule has 0 aliphatic carbocycles. The number of nitrogen functional groups attached to an aromatic ring is 1. The molecular formula is C8H10N2OS. The van der Waals surface area contributed by atoms with Crippen molar-refractivity contribution in [2.45, 2.75) is 6.92 Å². The van der Waals surface area contributed by atoms with Gasteiger partial charge in [-0.05, 0) is 17.9 Å². The molecule has 0 bridgehead atoms. The number of thioether (sulfide) groups is 1. The maximum atomic E-state index is 11.2. The largest absolute Gasteiger partial charge is 0.384 e. The molecule has 0 spiro atoms. The molecule has 0 aliphatic rings. The fourth-order valence-electron chi connectivity index (χ4n) is 0.770. The normalized spacial score (nSPS) is 9.75. The maximum absolute atomic E-state index is 11.2. The summed E-state index contributed by atoms with van der Waals surface area (Å²) in [5.74, 6) is 1.15. The van der Waals surface area contributed by atoms with Crippen LogP contribution in [-0.2, 0) is 0 Å². The predicted octanol–water partition coefficient (Wildman–Crippen LogP) is 1.56. The third-order valence-corrected chi connectivity index (χ3v) is 2.02. The SMILES string of the molecule is CCSC(=O)c1cccc(N)n1. The van der Waals surface area contributed by atoms with Crippen LogP contribution >= 0.6 is 11.8 Å². The van der Waals surface area contributed by atoms with Crippen LogP contribution in [-0.4, -0.2) is 15.9 Å². The van der Waals surface area contributed by atoms with Crippen molar-refractivity contribution in [1.82, 2.24) is 4.98 Å². The molecule has 1 heterocycles. The summed E-state index contributed by atoms with van der Waals surface area (Å²) in [6.45, 7) is 1.93. The minimum atomic E-state index is -0.0233. The Bertz CT molecular complexity index is 288. The van der Waals surface area contributed by atoms with E-state index in [2.05, 4.69) is 4.98 Å².